The van der Waals surface area contributed by atoms with Gasteiger partial charge in [-0.1, -0.05) is 19.9 Å². The Labute approximate surface area is 215 Å². The lowest BCUT2D eigenvalue weighted by Gasteiger charge is -2.63. The van der Waals surface area contributed by atoms with E-state index in [0.717, 1.165) is 63.1 Å². The van der Waals surface area contributed by atoms with E-state index in [1.807, 2.05) is 19.9 Å². The number of ether oxygens (including phenoxy) is 3. The van der Waals surface area contributed by atoms with E-state index in [1.54, 1.807) is 0 Å². The number of rotatable bonds is 9. The molecule has 4 atom stereocenters. The predicted molar refractivity (Wildman–Crippen MR) is 137 cm³/mol. The minimum absolute atomic E-state index is 0.0495. The first-order valence-corrected chi connectivity index (χ1v) is 14.3. The van der Waals surface area contributed by atoms with Gasteiger partial charge in [-0.15, -0.1) is 0 Å². The van der Waals surface area contributed by atoms with Crippen LogP contribution < -0.4 is 9.47 Å². The van der Waals surface area contributed by atoms with Crippen molar-refractivity contribution in [3.05, 3.63) is 23.3 Å². The average molecular weight is 498 g/mol. The quantitative estimate of drug-likeness (QED) is 0.391. The van der Waals surface area contributed by atoms with Crippen LogP contribution >= 0.6 is 0 Å². The Balaban J connectivity index is 1.26. The number of likely N-dealkylation sites (tertiary alicyclic amines) is 1. The molecular weight excluding hydrogens is 454 g/mol. The molecule has 36 heavy (non-hydrogen) atoms. The summed E-state index contributed by atoms with van der Waals surface area (Å²) in [5, 5.41) is 12.4. The summed E-state index contributed by atoms with van der Waals surface area (Å²) >= 11 is 0. The van der Waals surface area contributed by atoms with E-state index in [0.29, 0.717) is 24.0 Å². The molecule has 6 nitrogen and oxygen atoms in total. The second-order valence-corrected chi connectivity index (χ2v) is 13.2. The standard InChI is InChI=1S/C30H43NO5/c1-19(2)11-15-34-28(3,4)17-25(32)35-22-10-9-21-16-23-30(33)12-5-6-24-29(30,26(21)27(22)36-24)13-14-31(23)18-20-7-8-20/h9-10,19-20,23-24,33H,5-8,11-18H2,1-4H3/t23?,24-,29?,30+/m0/s1. The number of esters is 1. The SMILES string of the molecule is CC(C)CCOC(C)(C)CC(=O)Oc1ccc2c3c1O[C@H]1CCC[C@@]4(O)C(C2)N(CC2CC2)CCC314. The molecule has 1 aromatic rings. The topological polar surface area (TPSA) is 68.2 Å². The van der Waals surface area contributed by atoms with Crippen LogP contribution in [0.1, 0.15) is 90.2 Å². The van der Waals surface area contributed by atoms with Crippen LogP contribution in [0, 0.1) is 11.8 Å². The fourth-order valence-electron chi connectivity index (χ4n) is 7.67. The van der Waals surface area contributed by atoms with E-state index in [9.17, 15) is 9.90 Å². The molecule has 1 aromatic carbocycles. The van der Waals surface area contributed by atoms with Crippen LogP contribution in [-0.2, 0) is 21.4 Å². The molecule has 0 amide bonds. The molecule has 0 radical (unpaired) electrons. The zero-order valence-electron chi connectivity index (χ0n) is 22.5. The maximum atomic E-state index is 13.0. The molecular formula is C30H43NO5. The van der Waals surface area contributed by atoms with Crippen molar-refractivity contribution < 1.29 is 24.1 Å². The zero-order valence-corrected chi connectivity index (χ0v) is 22.5. The minimum Gasteiger partial charge on any atom is -0.485 e. The van der Waals surface area contributed by atoms with E-state index >= 15 is 0 Å². The van der Waals surface area contributed by atoms with Crippen LogP contribution in [0.15, 0.2) is 12.1 Å². The molecule has 1 saturated heterocycles. The second kappa shape index (κ2) is 8.71. The fraction of sp³-hybridized carbons (Fsp3) is 0.767. The Hall–Kier alpha value is -1.63. The van der Waals surface area contributed by atoms with Crippen molar-refractivity contribution in [2.75, 3.05) is 19.7 Å². The first-order chi connectivity index (χ1) is 17.1. The maximum absolute atomic E-state index is 13.0. The highest BCUT2D eigenvalue weighted by Gasteiger charge is 2.71. The highest BCUT2D eigenvalue weighted by Crippen LogP contribution is 2.65. The van der Waals surface area contributed by atoms with Gasteiger partial charge in [0.1, 0.15) is 6.10 Å². The third-order valence-corrected chi connectivity index (χ3v) is 9.63. The molecule has 3 fully saturated rings. The predicted octanol–water partition coefficient (Wildman–Crippen LogP) is 4.78. The van der Waals surface area contributed by atoms with Gasteiger partial charge in [-0.25, -0.2) is 0 Å². The molecule has 2 saturated carbocycles. The van der Waals surface area contributed by atoms with E-state index in [4.69, 9.17) is 14.2 Å². The molecule has 5 aliphatic rings. The number of piperidine rings is 1. The van der Waals surface area contributed by atoms with Gasteiger partial charge in [0.15, 0.2) is 11.5 Å². The van der Waals surface area contributed by atoms with Crippen LogP contribution in [0.4, 0.5) is 0 Å². The Morgan fingerprint density at radius 2 is 2.06 bits per heavy atom. The van der Waals surface area contributed by atoms with E-state index < -0.39 is 11.2 Å². The van der Waals surface area contributed by atoms with Crippen molar-refractivity contribution in [3.8, 4) is 11.5 Å². The number of carbonyl (C=O) groups is 1. The van der Waals surface area contributed by atoms with Crippen molar-refractivity contribution in [3.63, 3.8) is 0 Å². The van der Waals surface area contributed by atoms with E-state index in [2.05, 4.69) is 24.8 Å². The van der Waals surface area contributed by atoms with Crippen molar-refractivity contribution in [2.45, 2.75) is 114 Å². The van der Waals surface area contributed by atoms with Crippen molar-refractivity contribution in [1.29, 1.82) is 0 Å². The summed E-state index contributed by atoms with van der Waals surface area (Å²) in [5.41, 5.74) is 0.642. The van der Waals surface area contributed by atoms with Crippen molar-refractivity contribution in [2.24, 2.45) is 11.8 Å². The van der Waals surface area contributed by atoms with Crippen LogP contribution in [0.2, 0.25) is 0 Å². The van der Waals surface area contributed by atoms with Gasteiger partial charge in [-0.05, 0) is 95.2 Å². The van der Waals surface area contributed by atoms with Gasteiger partial charge in [0, 0.05) is 24.8 Å². The number of hydrogen-bond donors (Lipinski definition) is 1. The summed E-state index contributed by atoms with van der Waals surface area (Å²) < 4.78 is 18.6. The summed E-state index contributed by atoms with van der Waals surface area (Å²) in [4.78, 5) is 15.6. The van der Waals surface area contributed by atoms with Gasteiger partial charge in [0.05, 0.1) is 23.0 Å². The fourth-order valence-corrected chi connectivity index (χ4v) is 7.67. The number of carbonyl (C=O) groups excluding carboxylic acids is 1. The summed E-state index contributed by atoms with van der Waals surface area (Å²) in [5.74, 6) is 2.27. The Kier molecular flexibility index (Phi) is 5.97. The Morgan fingerprint density at radius 3 is 2.81 bits per heavy atom. The van der Waals surface area contributed by atoms with Gasteiger partial charge in [0.25, 0.3) is 0 Å². The maximum Gasteiger partial charge on any atom is 0.314 e. The molecule has 6 heteroatoms. The molecule has 2 heterocycles. The Morgan fingerprint density at radius 1 is 1.25 bits per heavy atom. The minimum atomic E-state index is -0.782. The average Bonchev–Trinajstić information content (AvgIpc) is 3.53. The van der Waals surface area contributed by atoms with Gasteiger partial charge < -0.3 is 19.3 Å². The highest BCUT2D eigenvalue weighted by atomic mass is 16.6. The molecule has 2 aliphatic heterocycles. The van der Waals surface area contributed by atoms with Crippen molar-refractivity contribution >= 4 is 5.97 Å². The summed E-state index contributed by atoms with van der Waals surface area (Å²) in [6.07, 6.45) is 8.23. The molecule has 2 bridgehead atoms. The third-order valence-electron chi connectivity index (χ3n) is 9.63. The summed E-state index contributed by atoms with van der Waals surface area (Å²) in [6.45, 7) is 11.0. The van der Waals surface area contributed by atoms with E-state index in [-0.39, 0.29) is 30.0 Å². The number of nitrogens with zero attached hydrogens (tertiary/aromatic N) is 1. The van der Waals surface area contributed by atoms with Gasteiger partial charge in [0.2, 0.25) is 0 Å². The summed E-state index contributed by atoms with van der Waals surface area (Å²) in [7, 11) is 0. The number of hydrogen-bond acceptors (Lipinski definition) is 6. The number of benzene rings is 1. The first-order valence-electron chi connectivity index (χ1n) is 14.3. The second-order valence-electron chi connectivity index (χ2n) is 13.2. The highest BCUT2D eigenvalue weighted by molar-refractivity contribution is 5.75. The molecule has 6 rings (SSSR count). The first kappa shape index (κ1) is 24.7. The lowest BCUT2D eigenvalue weighted by molar-refractivity contribution is -0.185. The van der Waals surface area contributed by atoms with Gasteiger partial charge >= 0.3 is 5.97 Å². The van der Waals surface area contributed by atoms with Crippen molar-refractivity contribution in [1.82, 2.24) is 4.90 Å². The summed E-state index contributed by atoms with van der Waals surface area (Å²) in [6, 6.07) is 4.19. The molecule has 1 N–H and O–H groups in total. The van der Waals surface area contributed by atoms with E-state index in [1.165, 1.54) is 18.4 Å². The van der Waals surface area contributed by atoms with Crippen LogP contribution in [0.3, 0.4) is 0 Å². The number of aliphatic hydroxyl groups is 1. The lowest BCUT2D eigenvalue weighted by Crippen LogP contribution is -2.75. The monoisotopic (exact) mass is 497 g/mol. The van der Waals surface area contributed by atoms with Crippen LogP contribution in [0.25, 0.3) is 0 Å². The van der Waals surface area contributed by atoms with Gasteiger partial charge in [-0.3, -0.25) is 9.69 Å². The van der Waals surface area contributed by atoms with Crippen LogP contribution in [0.5, 0.6) is 11.5 Å². The third kappa shape index (κ3) is 3.90. The largest absolute Gasteiger partial charge is 0.485 e. The molecule has 2 unspecified atom stereocenters. The molecule has 1 spiro atoms. The Bertz CT molecular complexity index is 1030. The van der Waals surface area contributed by atoms with Gasteiger partial charge in [-0.2, -0.15) is 0 Å². The zero-order chi connectivity index (χ0) is 25.3. The van der Waals surface area contributed by atoms with Crippen LogP contribution in [-0.4, -0.2) is 59.0 Å². The molecule has 198 valence electrons. The smallest absolute Gasteiger partial charge is 0.314 e. The molecule has 3 aliphatic carbocycles. The lowest BCUT2D eigenvalue weighted by atomic mass is 9.49. The normalized spacial score (nSPS) is 32.8. The molecule has 0 aromatic heterocycles.